The van der Waals surface area contributed by atoms with Gasteiger partial charge >= 0.3 is 5.97 Å². The molecule has 8 heteroatoms. The second-order valence-corrected chi connectivity index (χ2v) is 11.9. The van der Waals surface area contributed by atoms with Crippen molar-refractivity contribution in [3.63, 3.8) is 0 Å². The second-order valence-electron chi connectivity index (χ2n) is 11.9. The summed E-state index contributed by atoms with van der Waals surface area (Å²) in [7, 11) is 0. The first kappa shape index (κ1) is 30.0. The zero-order chi connectivity index (χ0) is 30.1. The highest BCUT2D eigenvalue weighted by Gasteiger charge is 2.79. The third-order valence-corrected chi connectivity index (χ3v) is 9.45. The van der Waals surface area contributed by atoms with E-state index in [-0.39, 0.29) is 31.6 Å². The van der Waals surface area contributed by atoms with Crippen molar-refractivity contribution < 1.29 is 29.0 Å². The van der Waals surface area contributed by atoms with Crippen LogP contribution >= 0.6 is 0 Å². The fourth-order valence-corrected chi connectivity index (χ4v) is 7.40. The van der Waals surface area contributed by atoms with Crippen molar-refractivity contribution in [3.05, 3.63) is 67.8 Å². The molecule has 0 radical (unpaired) electrons. The van der Waals surface area contributed by atoms with Crippen molar-refractivity contribution in [3.8, 4) is 0 Å². The van der Waals surface area contributed by atoms with Crippen LogP contribution in [0.15, 0.2) is 67.8 Å². The van der Waals surface area contributed by atoms with Crippen LogP contribution in [0, 0.1) is 11.8 Å². The van der Waals surface area contributed by atoms with Gasteiger partial charge in [0.25, 0.3) is 5.91 Å². The van der Waals surface area contributed by atoms with Gasteiger partial charge in [0.05, 0.1) is 30.8 Å². The van der Waals surface area contributed by atoms with Crippen LogP contribution in [-0.4, -0.2) is 70.8 Å². The third kappa shape index (κ3) is 4.84. The van der Waals surface area contributed by atoms with Crippen molar-refractivity contribution in [1.82, 2.24) is 4.90 Å². The maximum absolute atomic E-state index is 14.7. The molecule has 224 valence electrons. The minimum Gasteiger partial charge on any atom is -0.465 e. The quantitative estimate of drug-likeness (QED) is 0.210. The number of allylic oxidation sites excluding steroid dienone is 1. The first-order valence-electron chi connectivity index (χ1n) is 15.1. The van der Waals surface area contributed by atoms with E-state index in [1.54, 1.807) is 11.0 Å². The molecule has 3 aliphatic rings. The maximum Gasteiger partial charge on any atom is 0.312 e. The molecule has 42 heavy (non-hydrogen) atoms. The molecule has 5 rings (SSSR count). The topological polar surface area (TPSA) is 96.4 Å². The van der Waals surface area contributed by atoms with Crippen molar-refractivity contribution in [2.45, 2.75) is 75.7 Å². The Labute approximate surface area is 248 Å². The molecule has 6 atom stereocenters. The zero-order valence-electron chi connectivity index (χ0n) is 24.7. The summed E-state index contributed by atoms with van der Waals surface area (Å²) in [4.78, 5) is 45.8. The van der Waals surface area contributed by atoms with Crippen LogP contribution in [-0.2, 0) is 23.9 Å². The molecule has 8 nitrogen and oxygen atoms in total. The van der Waals surface area contributed by atoms with Gasteiger partial charge in [-0.3, -0.25) is 14.4 Å². The molecule has 2 aromatic rings. The fraction of sp³-hybridized carbons (Fsp3) is 0.500. The molecule has 1 N–H and O–H groups in total. The fourth-order valence-electron chi connectivity index (χ4n) is 7.40. The average Bonchev–Trinajstić information content (AvgIpc) is 3.56. The molecule has 1 spiro atoms. The van der Waals surface area contributed by atoms with E-state index in [4.69, 9.17) is 9.47 Å². The van der Waals surface area contributed by atoms with Gasteiger partial charge in [0.2, 0.25) is 5.91 Å². The summed E-state index contributed by atoms with van der Waals surface area (Å²) in [5.41, 5.74) is -1.44. The summed E-state index contributed by atoms with van der Waals surface area (Å²) < 4.78 is 12.4. The van der Waals surface area contributed by atoms with Crippen LogP contribution in [0.3, 0.4) is 0 Å². The normalized spacial score (nSPS) is 28.5. The molecule has 2 aromatic carbocycles. The van der Waals surface area contributed by atoms with E-state index >= 15 is 0 Å². The number of unbranched alkanes of at least 4 members (excludes halogenated alkanes) is 2. The summed E-state index contributed by atoms with van der Waals surface area (Å²) in [6, 6.07) is 12.1. The number of benzene rings is 2. The van der Waals surface area contributed by atoms with E-state index in [0.29, 0.717) is 31.4 Å². The maximum atomic E-state index is 14.7. The minimum absolute atomic E-state index is 0.222. The molecule has 0 aliphatic carbocycles. The molecule has 0 aromatic heterocycles. The standard InChI is InChI=1S/C34H42N2O6/c1-5-8-9-12-20-41-32(40)28-27-30(38)36(25(7-3)22-37)29(34(27)18-17-33(28,4)42-34)31(39)35(19-6-2)26-16-15-23-13-10-11-14-24(23)21-26/h5-6,10-11,13-16,21,25,27-29,37H,1-2,7-9,12,17-20,22H2,3-4H3/t25-,27-,28+,29?,33-,34?/m0/s1. The van der Waals surface area contributed by atoms with E-state index in [1.807, 2.05) is 62.4 Å². The molecule has 0 saturated carbocycles. The van der Waals surface area contributed by atoms with E-state index in [1.165, 1.54) is 4.90 Å². The smallest absolute Gasteiger partial charge is 0.312 e. The predicted molar refractivity (Wildman–Crippen MR) is 162 cm³/mol. The lowest BCUT2D eigenvalue weighted by molar-refractivity contribution is -0.160. The molecular formula is C34H42N2O6. The predicted octanol–water partition coefficient (Wildman–Crippen LogP) is 4.79. The van der Waals surface area contributed by atoms with E-state index in [2.05, 4.69) is 13.2 Å². The summed E-state index contributed by atoms with van der Waals surface area (Å²) >= 11 is 0. The number of hydrogen-bond donors (Lipinski definition) is 1. The number of rotatable bonds is 13. The van der Waals surface area contributed by atoms with Crippen molar-refractivity contribution in [2.24, 2.45) is 11.8 Å². The van der Waals surface area contributed by atoms with Gasteiger partial charge in [-0.2, -0.15) is 0 Å². The summed E-state index contributed by atoms with van der Waals surface area (Å²) in [5.74, 6) is -2.80. The van der Waals surface area contributed by atoms with Gasteiger partial charge in [-0.25, -0.2) is 0 Å². The molecule has 3 fully saturated rings. The Kier molecular flexibility index (Phi) is 8.58. The number of anilines is 1. The number of fused-ring (bicyclic) bond motifs is 2. The Morgan fingerprint density at radius 3 is 2.62 bits per heavy atom. The number of esters is 1. The van der Waals surface area contributed by atoms with Crippen molar-refractivity contribution in [1.29, 1.82) is 0 Å². The van der Waals surface area contributed by atoms with Gasteiger partial charge < -0.3 is 24.4 Å². The van der Waals surface area contributed by atoms with E-state index in [9.17, 15) is 19.5 Å². The van der Waals surface area contributed by atoms with Gasteiger partial charge in [0.1, 0.15) is 17.6 Å². The molecule has 3 aliphatic heterocycles. The van der Waals surface area contributed by atoms with Gasteiger partial charge in [0, 0.05) is 12.2 Å². The minimum atomic E-state index is -1.20. The van der Waals surface area contributed by atoms with Gasteiger partial charge in [-0.05, 0) is 68.4 Å². The van der Waals surface area contributed by atoms with Gasteiger partial charge in [-0.1, -0.05) is 49.4 Å². The van der Waals surface area contributed by atoms with Crippen LogP contribution in [0.4, 0.5) is 5.69 Å². The first-order chi connectivity index (χ1) is 20.3. The highest BCUT2D eigenvalue weighted by atomic mass is 16.6. The number of ether oxygens (including phenoxy) is 2. The largest absolute Gasteiger partial charge is 0.465 e. The van der Waals surface area contributed by atoms with Crippen LogP contribution in [0.1, 0.15) is 52.4 Å². The Bertz CT molecular complexity index is 1370. The lowest BCUT2D eigenvalue weighted by atomic mass is 9.66. The summed E-state index contributed by atoms with van der Waals surface area (Å²) in [6.07, 6.45) is 7.31. The number of aliphatic hydroxyl groups is 1. The number of carbonyl (C=O) groups is 3. The van der Waals surface area contributed by atoms with Gasteiger partial charge in [0.15, 0.2) is 0 Å². The highest BCUT2D eigenvalue weighted by molar-refractivity contribution is 6.05. The second kappa shape index (κ2) is 12.0. The van der Waals surface area contributed by atoms with E-state index < -0.39 is 41.1 Å². The van der Waals surface area contributed by atoms with Crippen LogP contribution in [0.5, 0.6) is 0 Å². The van der Waals surface area contributed by atoms with E-state index in [0.717, 1.165) is 23.6 Å². The van der Waals surface area contributed by atoms with Crippen LogP contribution in [0.25, 0.3) is 10.8 Å². The molecule has 3 heterocycles. The van der Waals surface area contributed by atoms with Crippen molar-refractivity contribution >= 4 is 34.2 Å². The number of likely N-dealkylation sites (tertiary alicyclic amines) is 1. The number of amides is 2. The zero-order valence-corrected chi connectivity index (χ0v) is 24.7. The average molecular weight is 575 g/mol. The third-order valence-electron chi connectivity index (χ3n) is 9.45. The number of hydrogen-bond acceptors (Lipinski definition) is 6. The van der Waals surface area contributed by atoms with Gasteiger partial charge in [-0.15, -0.1) is 13.2 Å². The number of aliphatic hydroxyl groups excluding tert-OH is 1. The SMILES string of the molecule is C=CCCCCOC(=O)[C@H]1[C@H]2C(=O)N([C@@H](CC)CO)C(C(=O)N(CC=C)c3ccc4ccccc4c3)C23CC[C@]1(C)O3. The molecule has 2 bridgehead atoms. The molecule has 2 amide bonds. The summed E-state index contributed by atoms with van der Waals surface area (Å²) in [5, 5.41) is 12.4. The highest BCUT2D eigenvalue weighted by Crippen LogP contribution is 2.64. The lowest BCUT2D eigenvalue weighted by Crippen LogP contribution is -2.59. The van der Waals surface area contributed by atoms with Crippen molar-refractivity contribution in [2.75, 3.05) is 24.7 Å². The van der Waals surface area contributed by atoms with Crippen LogP contribution < -0.4 is 4.90 Å². The van der Waals surface area contributed by atoms with Crippen LogP contribution in [0.2, 0.25) is 0 Å². The number of nitrogens with zero attached hydrogens (tertiary/aromatic N) is 2. The summed E-state index contributed by atoms with van der Waals surface area (Å²) in [6.45, 7) is 11.5. The number of carbonyl (C=O) groups excluding carboxylic acids is 3. The Morgan fingerprint density at radius 2 is 1.93 bits per heavy atom. The monoisotopic (exact) mass is 574 g/mol. The lowest BCUT2D eigenvalue weighted by Gasteiger charge is -2.39. The molecular weight excluding hydrogens is 532 g/mol. The molecule has 3 saturated heterocycles. The Morgan fingerprint density at radius 1 is 1.17 bits per heavy atom. The first-order valence-corrected chi connectivity index (χ1v) is 15.1. The Hall–Kier alpha value is -3.49. The Balaban J connectivity index is 1.53. The molecule has 2 unspecified atom stereocenters.